The van der Waals surface area contributed by atoms with Crippen LogP contribution in [0.4, 0.5) is 11.4 Å². The Kier molecular flexibility index (Phi) is 4.74. The van der Waals surface area contributed by atoms with Crippen LogP contribution < -0.4 is 16.6 Å². The monoisotopic (exact) mass is 269 g/mol. The lowest BCUT2D eigenvalue weighted by molar-refractivity contribution is 0.102. The summed E-state index contributed by atoms with van der Waals surface area (Å²) in [5.74, 6) is 5.23. The average Bonchev–Trinajstić information content (AvgIpc) is 2.49. The number of carbonyl (C=O) groups is 1. The Morgan fingerprint density at radius 1 is 1.10 bits per heavy atom. The van der Waals surface area contributed by atoms with Crippen LogP contribution in [0.25, 0.3) is 0 Å². The fourth-order valence-corrected chi connectivity index (χ4v) is 2.05. The van der Waals surface area contributed by atoms with Crippen molar-refractivity contribution in [2.24, 2.45) is 5.84 Å². The highest BCUT2D eigenvalue weighted by molar-refractivity contribution is 6.07. The van der Waals surface area contributed by atoms with Gasteiger partial charge in [-0.3, -0.25) is 10.6 Å². The molecule has 0 aliphatic heterocycles. The Bertz CT molecular complexity index is 579. The van der Waals surface area contributed by atoms with Crippen molar-refractivity contribution in [1.82, 2.24) is 0 Å². The lowest BCUT2D eigenvalue weighted by Crippen LogP contribution is -2.17. The summed E-state index contributed by atoms with van der Waals surface area (Å²) in [6, 6.07) is 15.0. The van der Waals surface area contributed by atoms with Gasteiger partial charge < -0.3 is 10.7 Å². The number of anilines is 2. The zero-order valence-electron chi connectivity index (χ0n) is 11.5. The summed E-state index contributed by atoms with van der Waals surface area (Å²) in [6.45, 7) is 2.15. The SMILES string of the molecule is CCCc1ccc(NC(=O)c2ccccc2NN)cc1. The number of carbonyl (C=O) groups excluding carboxylic acids is 1. The molecule has 0 radical (unpaired) electrons. The van der Waals surface area contributed by atoms with E-state index in [1.165, 1.54) is 5.56 Å². The number of hydrazine groups is 1. The normalized spacial score (nSPS) is 10.1. The molecule has 0 aromatic heterocycles. The third kappa shape index (κ3) is 3.36. The molecule has 2 rings (SSSR count). The molecule has 4 nitrogen and oxygen atoms in total. The molecule has 0 heterocycles. The Morgan fingerprint density at radius 2 is 1.80 bits per heavy atom. The number of para-hydroxylation sites is 1. The molecular formula is C16H19N3O. The first-order valence-electron chi connectivity index (χ1n) is 6.70. The van der Waals surface area contributed by atoms with E-state index in [0.717, 1.165) is 18.5 Å². The fourth-order valence-electron chi connectivity index (χ4n) is 2.05. The summed E-state index contributed by atoms with van der Waals surface area (Å²) in [4.78, 5) is 12.2. The second-order valence-corrected chi connectivity index (χ2v) is 4.59. The van der Waals surface area contributed by atoms with Crippen LogP contribution in [0.15, 0.2) is 48.5 Å². The van der Waals surface area contributed by atoms with E-state index in [0.29, 0.717) is 11.3 Å². The van der Waals surface area contributed by atoms with Crippen molar-refractivity contribution in [2.45, 2.75) is 19.8 Å². The van der Waals surface area contributed by atoms with Gasteiger partial charge in [0.25, 0.3) is 5.91 Å². The van der Waals surface area contributed by atoms with Crippen molar-refractivity contribution < 1.29 is 4.79 Å². The molecule has 0 bridgehead atoms. The first-order valence-corrected chi connectivity index (χ1v) is 6.70. The first-order chi connectivity index (χ1) is 9.74. The summed E-state index contributed by atoms with van der Waals surface area (Å²) in [6.07, 6.45) is 2.16. The highest BCUT2D eigenvalue weighted by Gasteiger charge is 2.10. The number of benzene rings is 2. The number of rotatable bonds is 5. The van der Waals surface area contributed by atoms with E-state index >= 15 is 0 Å². The molecule has 20 heavy (non-hydrogen) atoms. The van der Waals surface area contributed by atoms with Crippen LogP contribution in [0.2, 0.25) is 0 Å². The van der Waals surface area contributed by atoms with E-state index in [4.69, 9.17) is 5.84 Å². The second kappa shape index (κ2) is 6.73. The van der Waals surface area contributed by atoms with Gasteiger partial charge in [0.2, 0.25) is 0 Å². The van der Waals surface area contributed by atoms with Crippen LogP contribution in [0.5, 0.6) is 0 Å². The van der Waals surface area contributed by atoms with Gasteiger partial charge >= 0.3 is 0 Å². The third-order valence-electron chi connectivity index (χ3n) is 3.08. The van der Waals surface area contributed by atoms with Crippen LogP contribution in [0, 0.1) is 0 Å². The molecule has 0 atom stereocenters. The van der Waals surface area contributed by atoms with E-state index in [2.05, 4.69) is 17.7 Å². The van der Waals surface area contributed by atoms with Crippen molar-refractivity contribution in [3.63, 3.8) is 0 Å². The van der Waals surface area contributed by atoms with E-state index < -0.39 is 0 Å². The number of aryl methyl sites for hydroxylation is 1. The van der Waals surface area contributed by atoms with E-state index in [9.17, 15) is 4.79 Å². The molecule has 0 aliphatic carbocycles. The van der Waals surface area contributed by atoms with Gasteiger partial charge in [0.05, 0.1) is 11.3 Å². The van der Waals surface area contributed by atoms with Gasteiger partial charge in [-0.25, -0.2) is 0 Å². The highest BCUT2D eigenvalue weighted by atomic mass is 16.1. The molecule has 2 aromatic carbocycles. The topological polar surface area (TPSA) is 67.2 Å². The van der Waals surface area contributed by atoms with Crippen molar-refractivity contribution in [2.75, 3.05) is 10.7 Å². The standard InChI is InChI=1S/C16H19N3O/c1-2-5-12-8-10-13(11-9-12)18-16(20)14-6-3-4-7-15(14)19-17/h3-4,6-11,19H,2,5,17H2,1H3,(H,18,20). The van der Waals surface area contributed by atoms with Crippen LogP contribution >= 0.6 is 0 Å². The maximum Gasteiger partial charge on any atom is 0.257 e. The van der Waals surface area contributed by atoms with Crippen LogP contribution in [0.1, 0.15) is 29.3 Å². The van der Waals surface area contributed by atoms with Gasteiger partial charge in [-0.1, -0.05) is 37.6 Å². The zero-order chi connectivity index (χ0) is 14.4. The molecule has 0 saturated carbocycles. The molecule has 2 aromatic rings. The molecule has 0 unspecified atom stereocenters. The summed E-state index contributed by atoms with van der Waals surface area (Å²) in [5, 5.41) is 2.87. The quantitative estimate of drug-likeness (QED) is 0.577. The van der Waals surface area contributed by atoms with Crippen LogP contribution in [-0.2, 0) is 6.42 Å². The predicted octanol–water partition coefficient (Wildman–Crippen LogP) is 3.18. The maximum absolute atomic E-state index is 12.2. The Hall–Kier alpha value is -2.33. The van der Waals surface area contributed by atoms with E-state index in [1.807, 2.05) is 30.3 Å². The summed E-state index contributed by atoms with van der Waals surface area (Å²) in [5.41, 5.74) is 5.70. The number of nitrogens with two attached hydrogens (primary N) is 1. The van der Waals surface area contributed by atoms with Gasteiger partial charge in [0.15, 0.2) is 0 Å². The molecule has 0 saturated heterocycles. The van der Waals surface area contributed by atoms with Gasteiger partial charge in [0.1, 0.15) is 0 Å². The number of nitrogen functional groups attached to an aromatic ring is 1. The number of hydrogen-bond donors (Lipinski definition) is 3. The summed E-state index contributed by atoms with van der Waals surface area (Å²) < 4.78 is 0. The number of nitrogens with one attached hydrogen (secondary N) is 2. The zero-order valence-corrected chi connectivity index (χ0v) is 11.5. The molecule has 4 heteroatoms. The van der Waals surface area contributed by atoms with E-state index in [-0.39, 0.29) is 5.91 Å². The van der Waals surface area contributed by atoms with Gasteiger partial charge in [-0.2, -0.15) is 0 Å². The van der Waals surface area contributed by atoms with Crippen LogP contribution in [-0.4, -0.2) is 5.91 Å². The average molecular weight is 269 g/mol. The smallest absolute Gasteiger partial charge is 0.257 e. The maximum atomic E-state index is 12.2. The number of amides is 1. The predicted molar refractivity (Wildman–Crippen MR) is 82.6 cm³/mol. The van der Waals surface area contributed by atoms with Gasteiger partial charge in [-0.05, 0) is 36.2 Å². The molecule has 0 aliphatic rings. The lowest BCUT2D eigenvalue weighted by Gasteiger charge is -2.10. The van der Waals surface area contributed by atoms with Gasteiger partial charge in [0, 0.05) is 5.69 Å². The van der Waals surface area contributed by atoms with Gasteiger partial charge in [-0.15, -0.1) is 0 Å². The van der Waals surface area contributed by atoms with Crippen molar-refractivity contribution in [3.8, 4) is 0 Å². The second-order valence-electron chi connectivity index (χ2n) is 4.59. The van der Waals surface area contributed by atoms with Crippen LogP contribution in [0.3, 0.4) is 0 Å². The Balaban J connectivity index is 2.11. The summed E-state index contributed by atoms with van der Waals surface area (Å²) in [7, 11) is 0. The molecule has 0 spiro atoms. The van der Waals surface area contributed by atoms with Crippen molar-refractivity contribution in [1.29, 1.82) is 0 Å². The molecule has 104 valence electrons. The largest absolute Gasteiger partial charge is 0.323 e. The molecular weight excluding hydrogens is 250 g/mol. The minimum atomic E-state index is -0.179. The molecule has 4 N–H and O–H groups in total. The third-order valence-corrected chi connectivity index (χ3v) is 3.08. The molecule has 0 fully saturated rings. The lowest BCUT2D eigenvalue weighted by atomic mass is 10.1. The van der Waals surface area contributed by atoms with E-state index in [1.54, 1.807) is 18.2 Å². The Labute approximate surface area is 119 Å². The Morgan fingerprint density at radius 3 is 2.45 bits per heavy atom. The minimum Gasteiger partial charge on any atom is -0.323 e. The highest BCUT2D eigenvalue weighted by Crippen LogP contribution is 2.17. The van der Waals surface area contributed by atoms with Crippen molar-refractivity contribution >= 4 is 17.3 Å². The first kappa shape index (κ1) is 14.1. The fraction of sp³-hybridized carbons (Fsp3) is 0.188. The molecule has 1 amide bonds. The minimum absolute atomic E-state index is 0.179. The summed E-state index contributed by atoms with van der Waals surface area (Å²) >= 11 is 0. The number of hydrogen-bond acceptors (Lipinski definition) is 3. The van der Waals surface area contributed by atoms with Crippen molar-refractivity contribution in [3.05, 3.63) is 59.7 Å².